The highest BCUT2D eigenvalue weighted by Crippen LogP contribution is 2.55. The summed E-state index contributed by atoms with van der Waals surface area (Å²) in [6.45, 7) is 11.8. The van der Waals surface area contributed by atoms with Crippen LogP contribution >= 0.6 is 22.6 Å². The van der Waals surface area contributed by atoms with Crippen molar-refractivity contribution in [1.29, 1.82) is 0 Å². The molecular formula is C33H38INO4. The normalized spacial score (nSPS) is 20.6. The van der Waals surface area contributed by atoms with Crippen LogP contribution in [0.15, 0.2) is 65.0 Å². The van der Waals surface area contributed by atoms with E-state index >= 15 is 0 Å². The van der Waals surface area contributed by atoms with Crippen molar-refractivity contribution in [1.82, 2.24) is 4.90 Å². The molecule has 0 spiro atoms. The third-order valence-corrected chi connectivity index (χ3v) is 8.88. The molecule has 0 unspecified atom stereocenters. The quantitative estimate of drug-likeness (QED) is 0.305. The van der Waals surface area contributed by atoms with Crippen molar-refractivity contribution in [2.75, 3.05) is 13.7 Å². The average molecular weight is 640 g/mol. The lowest BCUT2D eigenvalue weighted by molar-refractivity contribution is -0.119. The van der Waals surface area contributed by atoms with Gasteiger partial charge in [0, 0.05) is 47.8 Å². The molecule has 0 fully saturated rings. The van der Waals surface area contributed by atoms with Crippen LogP contribution in [0.1, 0.15) is 77.3 Å². The lowest BCUT2D eigenvalue weighted by atomic mass is 9.63. The van der Waals surface area contributed by atoms with Gasteiger partial charge in [-0.05, 0) is 76.4 Å². The molecule has 0 atom stereocenters. The SMILES string of the molecule is CCOc1cc(C2C3=C(CC(C)(C)CC3=O)N(Cc3ccccc3)C3=C2C(=O)CC(C)(C)C3)cc(I)c1OC. The Balaban J connectivity index is 1.78. The van der Waals surface area contributed by atoms with Crippen molar-refractivity contribution in [3.63, 3.8) is 0 Å². The molecule has 206 valence electrons. The Bertz CT molecular complexity index is 1330. The number of carbonyl (C=O) groups excluding carboxylic acids is 2. The monoisotopic (exact) mass is 639 g/mol. The van der Waals surface area contributed by atoms with Crippen molar-refractivity contribution in [2.45, 2.75) is 72.8 Å². The van der Waals surface area contributed by atoms with Crippen molar-refractivity contribution < 1.29 is 19.1 Å². The van der Waals surface area contributed by atoms with E-state index in [0.717, 1.165) is 44.5 Å². The number of hydrogen-bond donors (Lipinski definition) is 0. The van der Waals surface area contributed by atoms with E-state index in [1.54, 1.807) is 7.11 Å². The molecule has 0 saturated carbocycles. The third kappa shape index (κ3) is 5.29. The number of carbonyl (C=O) groups is 2. The molecule has 0 bridgehead atoms. The predicted molar refractivity (Wildman–Crippen MR) is 162 cm³/mol. The van der Waals surface area contributed by atoms with Crippen LogP contribution in [0.2, 0.25) is 0 Å². The molecule has 1 aliphatic heterocycles. The smallest absolute Gasteiger partial charge is 0.174 e. The molecule has 3 aliphatic rings. The van der Waals surface area contributed by atoms with Crippen LogP contribution < -0.4 is 9.47 Å². The van der Waals surface area contributed by atoms with Gasteiger partial charge in [-0.1, -0.05) is 58.0 Å². The molecule has 2 aromatic rings. The molecular weight excluding hydrogens is 601 g/mol. The van der Waals surface area contributed by atoms with Crippen molar-refractivity contribution in [2.24, 2.45) is 10.8 Å². The van der Waals surface area contributed by atoms with Crippen LogP contribution in [0.5, 0.6) is 11.5 Å². The molecule has 0 N–H and O–H groups in total. The summed E-state index contributed by atoms with van der Waals surface area (Å²) in [5.74, 6) is 1.19. The van der Waals surface area contributed by atoms with E-state index in [-0.39, 0.29) is 22.4 Å². The van der Waals surface area contributed by atoms with Gasteiger partial charge in [0.05, 0.1) is 17.3 Å². The zero-order valence-electron chi connectivity index (χ0n) is 23.8. The van der Waals surface area contributed by atoms with E-state index < -0.39 is 5.92 Å². The van der Waals surface area contributed by atoms with Gasteiger partial charge in [-0.3, -0.25) is 9.59 Å². The van der Waals surface area contributed by atoms with Crippen LogP contribution in [0.3, 0.4) is 0 Å². The van der Waals surface area contributed by atoms with E-state index in [2.05, 4.69) is 73.4 Å². The molecule has 6 heteroatoms. The number of ether oxygens (including phenoxy) is 2. The zero-order valence-corrected chi connectivity index (χ0v) is 26.0. The van der Waals surface area contributed by atoms with Gasteiger partial charge < -0.3 is 14.4 Å². The predicted octanol–water partition coefficient (Wildman–Crippen LogP) is 7.58. The summed E-state index contributed by atoms with van der Waals surface area (Å²) >= 11 is 2.27. The highest BCUT2D eigenvalue weighted by atomic mass is 127. The van der Waals surface area contributed by atoms with Gasteiger partial charge in [0.15, 0.2) is 23.1 Å². The van der Waals surface area contributed by atoms with Crippen LogP contribution in [0.25, 0.3) is 0 Å². The molecule has 1 heterocycles. The molecule has 0 saturated heterocycles. The maximum Gasteiger partial charge on any atom is 0.174 e. The van der Waals surface area contributed by atoms with Gasteiger partial charge in [0.2, 0.25) is 0 Å². The number of benzene rings is 2. The van der Waals surface area contributed by atoms with Gasteiger partial charge in [0.1, 0.15) is 0 Å². The number of ketones is 2. The average Bonchev–Trinajstić information content (AvgIpc) is 2.84. The Morgan fingerprint density at radius 2 is 1.46 bits per heavy atom. The minimum Gasteiger partial charge on any atom is -0.492 e. The molecule has 5 rings (SSSR count). The van der Waals surface area contributed by atoms with Gasteiger partial charge in [0.25, 0.3) is 0 Å². The Labute approximate surface area is 245 Å². The standard InChI is InChI=1S/C33H38INO4/c1-7-39-27-14-21(13-22(34)31(27)38-6)28-29-23(15-32(2,3)17-25(29)36)35(19-20-11-9-8-10-12-20)24-16-33(4,5)18-26(37)30(24)28/h8-14,28H,7,15-19H2,1-6H3. The highest BCUT2D eigenvalue weighted by molar-refractivity contribution is 14.1. The maximum atomic E-state index is 14.1. The van der Waals surface area contributed by atoms with Crippen LogP contribution in [0, 0.1) is 14.4 Å². The first kappa shape index (κ1) is 27.9. The van der Waals surface area contributed by atoms with Gasteiger partial charge in [-0.25, -0.2) is 0 Å². The molecule has 0 amide bonds. The fourth-order valence-corrected chi connectivity index (χ4v) is 7.40. The van der Waals surface area contributed by atoms with E-state index in [1.165, 1.54) is 5.56 Å². The minimum absolute atomic E-state index is 0.136. The van der Waals surface area contributed by atoms with Crippen molar-refractivity contribution in [3.8, 4) is 11.5 Å². The highest BCUT2D eigenvalue weighted by Gasteiger charge is 2.49. The Morgan fingerprint density at radius 3 is 1.97 bits per heavy atom. The first-order valence-corrected chi connectivity index (χ1v) is 14.9. The number of Topliss-reactive ketones (excluding diaryl/α,β-unsaturated/α-hetero) is 2. The molecule has 2 aliphatic carbocycles. The number of nitrogens with zero attached hydrogens (tertiary/aromatic N) is 1. The molecule has 39 heavy (non-hydrogen) atoms. The lowest BCUT2D eigenvalue weighted by Crippen LogP contribution is -2.44. The second kappa shape index (κ2) is 10.4. The molecule has 0 aromatic heterocycles. The maximum absolute atomic E-state index is 14.1. The number of hydrogen-bond acceptors (Lipinski definition) is 5. The summed E-state index contributed by atoms with van der Waals surface area (Å²) in [6, 6.07) is 14.4. The zero-order chi connectivity index (χ0) is 28.1. The summed E-state index contributed by atoms with van der Waals surface area (Å²) in [5, 5.41) is 0. The topological polar surface area (TPSA) is 55.8 Å². The second-order valence-corrected chi connectivity index (χ2v) is 13.7. The lowest BCUT2D eigenvalue weighted by Gasteiger charge is -2.49. The molecule has 2 aromatic carbocycles. The number of rotatable bonds is 6. The van der Waals surface area contributed by atoms with Gasteiger partial charge in [-0.2, -0.15) is 0 Å². The molecule has 5 nitrogen and oxygen atoms in total. The van der Waals surface area contributed by atoms with Crippen molar-refractivity contribution >= 4 is 34.2 Å². The summed E-state index contributed by atoms with van der Waals surface area (Å²) in [5.41, 5.74) is 5.46. The van der Waals surface area contributed by atoms with Crippen LogP contribution in [-0.4, -0.2) is 30.2 Å². The van der Waals surface area contributed by atoms with Crippen LogP contribution in [-0.2, 0) is 16.1 Å². The van der Waals surface area contributed by atoms with Crippen LogP contribution in [0.4, 0.5) is 0 Å². The largest absolute Gasteiger partial charge is 0.492 e. The summed E-state index contributed by atoms with van der Waals surface area (Å²) in [4.78, 5) is 30.5. The van der Waals surface area contributed by atoms with Crippen molar-refractivity contribution in [3.05, 3.63) is 79.7 Å². The van der Waals surface area contributed by atoms with Gasteiger partial charge in [-0.15, -0.1) is 0 Å². The van der Waals surface area contributed by atoms with E-state index in [4.69, 9.17) is 9.47 Å². The first-order chi connectivity index (χ1) is 18.4. The number of allylic oxidation sites excluding steroid dienone is 4. The Kier molecular flexibility index (Phi) is 7.46. The summed E-state index contributed by atoms with van der Waals surface area (Å²) in [7, 11) is 1.64. The van der Waals surface area contributed by atoms with E-state index in [0.29, 0.717) is 37.5 Å². The number of halogens is 1. The molecule has 0 radical (unpaired) electrons. The Morgan fingerprint density at radius 1 is 0.897 bits per heavy atom. The minimum atomic E-state index is -0.409. The summed E-state index contributed by atoms with van der Waals surface area (Å²) < 4.78 is 12.6. The Hall–Kier alpha value is -2.61. The third-order valence-electron chi connectivity index (χ3n) is 8.07. The summed E-state index contributed by atoms with van der Waals surface area (Å²) in [6.07, 6.45) is 2.51. The number of methoxy groups -OCH3 is 1. The van der Waals surface area contributed by atoms with E-state index in [1.807, 2.05) is 31.2 Å². The fraction of sp³-hybridized carbons (Fsp3) is 0.455. The second-order valence-electron chi connectivity index (χ2n) is 12.6. The fourth-order valence-electron chi connectivity index (χ4n) is 6.55. The van der Waals surface area contributed by atoms with Gasteiger partial charge >= 0.3 is 0 Å². The van der Waals surface area contributed by atoms with E-state index in [9.17, 15) is 9.59 Å². The first-order valence-electron chi connectivity index (χ1n) is 13.8.